The fourth-order valence-electron chi connectivity index (χ4n) is 1.70. The van der Waals surface area contributed by atoms with Gasteiger partial charge >= 0.3 is 0 Å². The second kappa shape index (κ2) is 5.90. The first-order chi connectivity index (χ1) is 7.56. The molecule has 0 radical (unpaired) electrons. The van der Waals surface area contributed by atoms with Gasteiger partial charge in [0.05, 0.1) is 0 Å². The maximum atomic E-state index is 11.8. The first-order valence-corrected chi connectivity index (χ1v) is 5.99. The van der Waals surface area contributed by atoms with Gasteiger partial charge in [-0.15, -0.1) is 11.6 Å². The summed E-state index contributed by atoms with van der Waals surface area (Å²) in [5.74, 6) is 0.652. The van der Waals surface area contributed by atoms with Crippen LogP contribution in [0.2, 0.25) is 0 Å². The van der Waals surface area contributed by atoms with Crippen molar-refractivity contribution >= 4 is 23.2 Å². The SMILES string of the molecule is Cc1ccc(N(C)C(=O)CCCCl)c(C)c1. The normalized spacial score (nSPS) is 10.2. The predicted octanol–water partition coefficient (Wildman–Crippen LogP) is 3.29. The zero-order valence-corrected chi connectivity index (χ0v) is 10.8. The van der Waals surface area contributed by atoms with E-state index in [0.29, 0.717) is 12.3 Å². The molecule has 0 N–H and O–H groups in total. The zero-order valence-electron chi connectivity index (χ0n) is 10.1. The van der Waals surface area contributed by atoms with Gasteiger partial charge in [0, 0.05) is 25.0 Å². The topological polar surface area (TPSA) is 20.3 Å². The summed E-state index contributed by atoms with van der Waals surface area (Å²) in [5.41, 5.74) is 3.31. The lowest BCUT2D eigenvalue weighted by atomic mass is 10.1. The van der Waals surface area contributed by atoms with Crippen LogP contribution in [0.15, 0.2) is 18.2 Å². The van der Waals surface area contributed by atoms with Gasteiger partial charge in [0.25, 0.3) is 0 Å². The van der Waals surface area contributed by atoms with Gasteiger partial charge < -0.3 is 4.90 Å². The molecule has 0 aliphatic carbocycles. The lowest BCUT2D eigenvalue weighted by Crippen LogP contribution is -2.26. The molecule has 3 heteroatoms. The Kier molecular flexibility index (Phi) is 4.81. The van der Waals surface area contributed by atoms with Crippen LogP contribution in [0.5, 0.6) is 0 Å². The number of hydrogen-bond donors (Lipinski definition) is 0. The molecule has 0 heterocycles. The summed E-state index contributed by atoms with van der Waals surface area (Å²) >= 11 is 5.58. The van der Waals surface area contributed by atoms with Crippen LogP contribution in [-0.4, -0.2) is 18.8 Å². The number of halogens is 1. The smallest absolute Gasteiger partial charge is 0.226 e. The highest BCUT2D eigenvalue weighted by molar-refractivity contribution is 6.18. The van der Waals surface area contributed by atoms with Crippen molar-refractivity contribution in [1.82, 2.24) is 0 Å². The molecule has 0 saturated carbocycles. The quantitative estimate of drug-likeness (QED) is 0.739. The standard InChI is InChI=1S/C13H18ClNO/c1-10-6-7-12(11(2)9-10)15(3)13(16)5-4-8-14/h6-7,9H,4-5,8H2,1-3H3. The molecule has 0 spiro atoms. The Bertz CT molecular complexity index is 376. The highest BCUT2D eigenvalue weighted by Gasteiger charge is 2.12. The molecule has 0 fully saturated rings. The van der Waals surface area contributed by atoms with E-state index in [0.717, 1.165) is 17.7 Å². The number of benzene rings is 1. The van der Waals surface area contributed by atoms with Gasteiger partial charge in [-0.2, -0.15) is 0 Å². The third-order valence-corrected chi connectivity index (χ3v) is 2.88. The number of nitrogens with zero attached hydrogens (tertiary/aromatic N) is 1. The molecule has 0 saturated heterocycles. The molecule has 0 bridgehead atoms. The maximum Gasteiger partial charge on any atom is 0.226 e. The van der Waals surface area contributed by atoms with Gasteiger partial charge in [0.15, 0.2) is 0 Å². The summed E-state index contributed by atoms with van der Waals surface area (Å²) in [4.78, 5) is 13.5. The first-order valence-electron chi connectivity index (χ1n) is 5.46. The lowest BCUT2D eigenvalue weighted by Gasteiger charge is -2.19. The molecule has 0 aromatic heterocycles. The van der Waals surface area contributed by atoms with E-state index < -0.39 is 0 Å². The molecule has 0 atom stereocenters. The third kappa shape index (κ3) is 3.24. The molecule has 2 nitrogen and oxygen atoms in total. The summed E-state index contributed by atoms with van der Waals surface area (Å²) in [7, 11) is 1.81. The van der Waals surface area contributed by atoms with E-state index in [2.05, 4.69) is 6.07 Å². The molecular weight excluding hydrogens is 222 g/mol. The van der Waals surface area contributed by atoms with Crippen molar-refractivity contribution in [3.8, 4) is 0 Å². The van der Waals surface area contributed by atoms with E-state index in [9.17, 15) is 4.79 Å². The summed E-state index contributed by atoms with van der Waals surface area (Å²) in [5, 5.41) is 0. The van der Waals surface area contributed by atoms with Gasteiger partial charge in [0.1, 0.15) is 0 Å². The highest BCUT2D eigenvalue weighted by atomic mass is 35.5. The first kappa shape index (κ1) is 13.0. The number of rotatable bonds is 4. The molecule has 16 heavy (non-hydrogen) atoms. The molecule has 88 valence electrons. The van der Waals surface area contributed by atoms with Crippen molar-refractivity contribution < 1.29 is 4.79 Å². The van der Waals surface area contributed by atoms with Crippen LogP contribution >= 0.6 is 11.6 Å². The van der Waals surface area contributed by atoms with Gasteiger partial charge in [-0.25, -0.2) is 0 Å². The van der Waals surface area contributed by atoms with Gasteiger partial charge in [0.2, 0.25) is 5.91 Å². The minimum Gasteiger partial charge on any atom is -0.315 e. The van der Waals surface area contributed by atoms with Crippen LogP contribution in [0.3, 0.4) is 0 Å². The minimum absolute atomic E-state index is 0.118. The maximum absolute atomic E-state index is 11.8. The number of hydrogen-bond acceptors (Lipinski definition) is 1. The average molecular weight is 240 g/mol. The van der Waals surface area contributed by atoms with E-state index in [-0.39, 0.29) is 5.91 Å². The molecular formula is C13H18ClNO. The number of carbonyl (C=O) groups is 1. The van der Waals surface area contributed by atoms with E-state index in [1.807, 2.05) is 33.0 Å². The fraction of sp³-hybridized carbons (Fsp3) is 0.462. The number of anilines is 1. The van der Waals surface area contributed by atoms with Crippen molar-refractivity contribution in [1.29, 1.82) is 0 Å². The van der Waals surface area contributed by atoms with Crippen LogP contribution in [0.1, 0.15) is 24.0 Å². The second-order valence-electron chi connectivity index (χ2n) is 4.04. The van der Waals surface area contributed by atoms with E-state index in [4.69, 9.17) is 11.6 Å². The lowest BCUT2D eigenvalue weighted by molar-refractivity contribution is -0.118. The molecule has 0 aliphatic rings. The van der Waals surface area contributed by atoms with Crippen molar-refractivity contribution in [3.63, 3.8) is 0 Å². The van der Waals surface area contributed by atoms with E-state index in [1.54, 1.807) is 4.90 Å². The summed E-state index contributed by atoms with van der Waals surface area (Å²) < 4.78 is 0. The van der Waals surface area contributed by atoms with Crippen LogP contribution in [0, 0.1) is 13.8 Å². The Hall–Kier alpha value is -1.02. The fourth-order valence-corrected chi connectivity index (χ4v) is 1.84. The van der Waals surface area contributed by atoms with Crippen LogP contribution in [0.4, 0.5) is 5.69 Å². The van der Waals surface area contributed by atoms with E-state index in [1.165, 1.54) is 5.56 Å². The number of carbonyl (C=O) groups excluding carboxylic acids is 1. The summed E-state index contributed by atoms with van der Waals surface area (Å²) in [6.45, 7) is 4.07. The van der Waals surface area contributed by atoms with Gasteiger partial charge in [-0.1, -0.05) is 17.7 Å². The second-order valence-corrected chi connectivity index (χ2v) is 4.41. The predicted molar refractivity (Wildman–Crippen MR) is 69.3 cm³/mol. The largest absolute Gasteiger partial charge is 0.315 e. The molecule has 0 aliphatic heterocycles. The van der Waals surface area contributed by atoms with E-state index >= 15 is 0 Å². The van der Waals surface area contributed by atoms with Crippen molar-refractivity contribution in [2.24, 2.45) is 0 Å². The van der Waals surface area contributed by atoms with Crippen molar-refractivity contribution in [2.45, 2.75) is 26.7 Å². The molecule has 0 unspecified atom stereocenters. The highest BCUT2D eigenvalue weighted by Crippen LogP contribution is 2.20. The molecule has 1 rings (SSSR count). The van der Waals surface area contributed by atoms with Crippen molar-refractivity contribution in [2.75, 3.05) is 17.8 Å². The molecule has 1 aromatic carbocycles. The van der Waals surface area contributed by atoms with Gasteiger partial charge in [-0.05, 0) is 31.9 Å². The average Bonchev–Trinajstić information content (AvgIpc) is 2.25. The number of aryl methyl sites for hydroxylation is 2. The third-order valence-electron chi connectivity index (χ3n) is 2.61. The monoisotopic (exact) mass is 239 g/mol. The number of amides is 1. The minimum atomic E-state index is 0.118. The van der Waals surface area contributed by atoms with Crippen LogP contribution in [-0.2, 0) is 4.79 Å². The molecule has 1 amide bonds. The Morgan fingerprint density at radius 3 is 2.62 bits per heavy atom. The van der Waals surface area contributed by atoms with Crippen molar-refractivity contribution in [3.05, 3.63) is 29.3 Å². The zero-order chi connectivity index (χ0) is 12.1. The summed E-state index contributed by atoms with van der Waals surface area (Å²) in [6, 6.07) is 6.09. The Balaban J connectivity index is 2.79. The Labute approximate surface area is 102 Å². The van der Waals surface area contributed by atoms with Crippen LogP contribution in [0.25, 0.3) is 0 Å². The Morgan fingerprint density at radius 1 is 1.38 bits per heavy atom. The number of alkyl halides is 1. The molecule has 1 aromatic rings. The van der Waals surface area contributed by atoms with Crippen LogP contribution < -0.4 is 4.90 Å². The van der Waals surface area contributed by atoms with Gasteiger partial charge in [-0.3, -0.25) is 4.79 Å². The summed E-state index contributed by atoms with van der Waals surface area (Å²) in [6.07, 6.45) is 1.24. The Morgan fingerprint density at radius 2 is 2.06 bits per heavy atom.